The van der Waals surface area contributed by atoms with E-state index in [9.17, 15) is 9.59 Å². The molecule has 0 aromatic heterocycles. The number of hydrogen-bond donors (Lipinski definition) is 1. The summed E-state index contributed by atoms with van der Waals surface area (Å²) in [6, 6.07) is 7.95. The highest BCUT2D eigenvalue weighted by atomic mass is 16.2. The highest BCUT2D eigenvalue weighted by molar-refractivity contribution is 5.98. The van der Waals surface area contributed by atoms with Crippen LogP contribution >= 0.6 is 0 Å². The molecule has 0 saturated carbocycles. The first-order valence-corrected chi connectivity index (χ1v) is 10.1. The van der Waals surface area contributed by atoms with Gasteiger partial charge in [-0.3, -0.25) is 9.59 Å². The summed E-state index contributed by atoms with van der Waals surface area (Å²) in [5, 5.41) is 3.03. The summed E-state index contributed by atoms with van der Waals surface area (Å²) in [7, 11) is 0. The van der Waals surface area contributed by atoms with Crippen LogP contribution in [0.25, 0.3) is 0 Å². The maximum Gasteiger partial charge on any atom is 0.220 e. The summed E-state index contributed by atoms with van der Waals surface area (Å²) in [5.41, 5.74) is 1.95. The lowest BCUT2D eigenvalue weighted by Crippen LogP contribution is -2.43. The molecule has 1 atom stereocenters. The summed E-state index contributed by atoms with van der Waals surface area (Å²) in [5.74, 6) is 0.617. The van der Waals surface area contributed by atoms with Crippen molar-refractivity contribution >= 4 is 11.7 Å². The van der Waals surface area contributed by atoms with Crippen LogP contribution in [0.15, 0.2) is 24.3 Å². The van der Waals surface area contributed by atoms with Gasteiger partial charge in [0, 0.05) is 31.0 Å². The zero-order valence-corrected chi connectivity index (χ0v) is 16.6. The van der Waals surface area contributed by atoms with E-state index < -0.39 is 0 Å². The van der Waals surface area contributed by atoms with Crippen LogP contribution in [0.1, 0.15) is 68.8 Å². The van der Waals surface area contributed by atoms with E-state index in [0.717, 1.165) is 26.1 Å². The van der Waals surface area contributed by atoms with Crippen LogP contribution in [0.5, 0.6) is 0 Å². The van der Waals surface area contributed by atoms with Crippen LogP contribution in [0.4, 0.5) is 0 Å². The van der Waals surface area contributed by atoms with E-state index in [2.05, 4.69) is 24.1 Å². The maximum absolute atomic E-state index is 12.3. The fourth-order valence-corrected chi connectivity index (χ4v) is 3.59. The Balaban J connectivity index is 1.71. The molecule has 0 radical (unpaired) electrons. The molecule has 1 saturated heterocycles. The predicted octanol–water partition coefficient (Wildman–Crippen LogP) is 3.84. The number of nitrogens with zero attached hydrogens (tertiary/aromatic N) is 1. The molecule has 1 aromatic rings. The van der Waals surface area contributed by atoms with E-state index in [1.54, 1.807) is 0 Å². The lowest BCUT2D eigenvalue weighted by atomic mass is 9.99. The van der Waals surface area contributed by atoms with Crippen LogP contribution in [0.3, 0.4) is 0 Å². The molecule has 1 amide bonds. The van der Waals surface area contributed by atoms with Crippen molar-refractivity contribution in [3.63, 3.8) is 0 Å². The highest BCUT2D eigenvalue weighted by Gasteiger charge is 2.16. The average Bonchev–Trinajstić information content (AvgIpc) is 2.60. The van der Waals surface area contributed by atoms with Crippen LogP contribution in [-0.4, -0.2) is 42.3 Å². The van der Waals surface area contributed by atoms with Gasteiger partial charge in [0.25, 0.3) is 0 Å². The highest BCUT2D eigenvalue weighted by Crippen LogP contribution is 2.12. The van der Waals surface area contributed by atoms with Gasteiger partial charge in [-0.05, 0) is 50.8 Å². The predicted molar refractivity (Wildman–Crippen MR) is 106 cm³/mol. The van der Waals surface area contributed by atoms with Crippen molar-refractivity contribution in [3.05, 3.63) is 35.4 Å². The summed E-state index contributed by atoms with van der Waals surface area (Å²) >= 11 is 0. The van der Waals surface area contributed by atoms with Crippen LogP contribution in [0, 0.1) is 5.92 Å². The Morgan fingerprint density at radius 1 is 1.00 bits per heavy atom. The van der Waals surface area contributed by atoms with Crippen molar-refractivity contribution in [2.45, 2.75) is 65.3 Å². The third kappa shape index (κ3) is 7.28. The average molecular weight is 359 g/mol. The van der Waals surface area contributed by atoms with E-state index in [0.29, 0.717) is 11.5 Å². The molecule has 1 unspecified atom stereocenters. The van der Waals surface area contributed by atoms with Crippen LogP contribution in [-0.2, 0) is 11.2 Å². The molecule has 1 heterocycles. The maximum atomic E-state index is 12.3. The second kappa shape index (κ2) is 10.5. The van der Waals surface area contributed by atoms with Gasteiger partial charge in [-0.25, -0.2) is 0 Å². The lowest BCUT2D eigenvalue weighted by molar-refractivity contribution is -0.121. The van der Waals surface area contributed by atoms with E-state index in [1.807, 2.05) is 31.2 Å². The zero-order chi connectivity index (χ0) is 18.9. The van der Waals surface area contributed by atoms with Crippen LogP contribution < -0.4 is 5.32 Å². The number of ketones is 1. The van der Waals surface area contributed by atoms with Gasteiger partial charge < -0.3 is 10.2 Å². The van der Waals surface area contributed by atoms with E-state index >= 15 is 0 Å². The lowest BCUT2D eigenvalue weighted by Gasteiger charge is -2.29. The topological polar surface area (TPSA) is 49.4 Å². The first-order chi connectivity index (χ1) is 12.4. The van der Waals surface area contributed by atoms with Gasteiger partial charge in [0.15, 0.2) is 5.78 Å². The van der Waals surface area contributed by atoms with Gasteiger partial charge in [0.2, 0.25) is 5.91 Å². The minimum atomic E-state index is -0.0284. The smallest absolute Gasteiger partial charge is 0.220 e. The summed E-state index contributed by atoms with van der Waals surface area (Å²) < 4.78 is 0. The Bertz CT molecular complexity index is 574. The molecule has 0 spiro atoms. The SMILES string of the molecule is CC(C)Cc1ccc(C(=O)CCC(=O)NC(C)CN2CCCCC2)cc1. The molecule has 144 valence electrons. The molecule has 1 N–H and O–H groups in total. The van der Waals surface area contributed by atoms with E-state index in [-0.39, 0.29) is 30.6 Å². The Morgan fingerprint density at radius 3 is 2.27 bits per heavy atom. The number of nitrogens with one attached hydrogen (secondary N) is 1. The molecule has 1 aliphatic rings. The minimum absolute atomic E-state index is 0.0284. The number of carbonyl (C=O) groups excluding carboxylic acids is 2. The van der Waals surface area contributed by atoms with Gasteiger partial charge >= 0.3 is 0 Å². The van der Waals surface area contributed by atoms with E-state index in [1.165, 1.54) is 24.8 Å². The quantitative estimate of drug-likeness (QED) is 0.682. The second-order valence-corrected chi connectivity index (χ2v) is 8.05. The van der Waals surface area contributed by atoms with Crippen molar-refractivity contribution in [1.82, 2.24) is 10.2 Å². The fourth-order valence-electron chi connectivity index (χ4n) is 3.59. The van der Waals surface area contributed by atoms with Crippen molar-refractivity contribution in [3.8, 4) is 0 Å². The number of benzene rings is 1. The molecule has 0 aliphatic carbocycles. The monoisotopic (exact) mass is 358 g/mol. The molecule has 26 heavy (non-hydrogen) atoms. The molecule has 0 bridgehead atoms. The van der Waals surface area contributed by atoms with Gasteiger partial charge in [-0.2, -0.15) is 0 Å². The third-order valence-corrected chi connectivity index (χ3v) is 4.89. The number of rotatable bonds is 9. The molecule has 1 fully saturated rings. The number of likely N-dealkylation sites (tertiary alicyclic amines) is 1. The molecule has 1 aromatic carbocycles. The van der Waals surface area contributed by atoms with Crippen LogP contribution in [0.2, 0.25) is 0 Å². The molecular formula is C22H34N2O2. The number of hydrogen-bond acceptors (Lipinski definition) is 3. The summed E-state index contributed by atoms with van der Waals surface area (Å²) in [6.45, 7) is 9.57. The van der Waals surface area contributed by atoms with Crippen molar-refractivity contribution < 1.29 is 9.59 Å². The summed E-state index contributed by atoms with van der Waals surface area (Å²) in [4.78, 5) is 26.8. The third-order valence-electron chi connectivity index (χ3n) is 4.89. The first-order valence-electron chi connectivity index (χ1n) is 10.1. The van der Waals surface area contributed by atoms with Gasteiger partial charge in [-0.1, -0.05) is 44.5 Å². The van der Waals surface area contributed by atoms with Crippen molar-refractivity contribution in [1.29, 1.82) is 0 Å². The Morgan fingerprint density at radius 2 is 1.65 bits per heavy atom. The standard InChI is InChI=1S/C22H34N2O2/c1-17(2)15-19-7-9-20(10-8-19)21(25)11-12-22(26)23-18(3)16-24-13-5-4-6-14-24/h7-10,17-18H,4-6,11-16H2,1-3H3,(H,23,26). The van der Waals surface area contributed by atoms with Crippen molar-refractivity contribution in [2.75, 3.05) is 19.6 Å². The second-order valence-electron chi connectivity index (χ2n) is 8.05. The van der Waals surface area contributed by atoms with Gasteiger partial charge in [0.1, 0.15) is 0 Å². The molecule has 4 nitrogen and oxygen atoms in total. The molecular weight excluding hydrogens is 324 g/mol. The number of carbonyl (C=O) groups is 2. The Hall–Kier alpha value is -1.68. The van der Waals surface area contributed by atoms with E-state index in [4.69, 9.17) is 0 Å². The Labute approximate surface area is 158 Å². The van der Waals surface area contributed by atoms with Gasteiger partial charge in [0.05, 0.1) is 0 Å². The first kappa shape index (κ1) is 20.6. The normalized spacial score (nSPS) is 16.5. The summed E-state index contributed by atoms with van der Waals surface area (Å²) in [6.07, 6.45) is 5.38. The van der Waals surface area contributed by atoms with Gasteiger partial charge in [-0.15, -0.1) is 0 Å². The minimum Gasteiger partial charge on any atom is -0.352 e. The molecule has 2 rings (SSSR count). The number of piperidine rings is 1. The number of Topliss-reactive ketones (excluding diaryl/α,β-unsaturated/α-hetero) is 1. The Kier molecular flexibility index (Phi) is 8.30. The zero-order valence-electron chi connectivity index (χ0n) is 16.6. The van der Waals surface area contributed by atoms with Crippen molar-refractivity contribution in [2.24, 2.45) is 5.92 Å². The largest absolute Gasteiger partial charge is 0.352 e. The molecule has 4 heteroatoms. The number of amides is 1. The molecule has 1 aliphatic heterocycles. The fraction of sp³-hybridized carbons (Fsp3) is 0.636.